The molecule has 0 aliphatic rings. The fourth-order valence-corrected chi connectivity index (χ4v) is 3.41. The number of pyridine rings is 1. The number of benzene rings is 1. The molecular formula is C17H13BrN4O5S. The molecule has 0 bridgehead atoms. The van der Waals surface area contributed by atoms with Gasteiger partial charge in [-0.25, -0.2) is 9.78 Å². The molecule has 3 aromatic rings. The molecule has 0 aliphatic carbocycles. The molecule has 1 aromatic carbocycles. The number of fused-ring (bicyclic) bond motifs is 1. The van der Waals surface area contributed by atoms with Gasteiger partial charge in [0.2, 0.25) is 0 Å². The number of carbonyl (C=O) groups excluding carboxylic acids is 2. The van der Waals surface area contributed by atoms with E-state index >= 15 is 0 Å². The number of rotatable bonds is 6. The van der Waals surface area contributed by atoms with Gasteiger partial charge in [0.1, 0.15) is 0 Å². The van der Waals surface area contributed by atoms with Crippen molar-refractivity contribution >= 4 is 56.5 Å². The zero-order chi connectivity index (χ0) is 20.3. The summed E-state index contributed by atoms with van der Waals surface area (Å²) < 4.78 is 7.17. The molecule has 3 rings (SSSR count). The van der Waals surface area contributed by atoms with Crippen molar-refractivity contribution in [3.63, 3.8) is 0 Å². The van der Waals surface area contributed by atoms with Gasteiger partial charge in [-0.1, -0.05) is 17.8 Å². The van der Waals surface area contributed by atoms with Crippen LogP contribution >= 0.6 is 27.7 Å². The average Bonchev–Trinajstić information content (AvgIpc) is 3.06. The maximum absolute atomic E-state index is 12.4. The van der Waals surface area contributed by atoms with Crippen LogP contribution in [0, 0.1) is 10.1 Å². The van der Waals surface area contributed by atoms with Crippen LogP contribution < -0.4 is 5.32 Å². The number of aromatic nitrogens is 2. The second-order valence-electron chi connectivity index (χ2n) is 5.45. The minimum atomic E-state index is -0.720. The Kier molecular flexibility index (Phi) is 5.95. The van der Waals surface area contributed by atoms with Crippen molar-refractivity contribution in [1.29, 1.82) is 0 Å². The van der Waals surface area contributed by atoms with Gasteiger partial charge in [-0.3, -0.25) is 19.3 Å². The first-order valence-electron chi connectivity index (χ1n) is 7.82. The molecule has 11 heteroatoms. The normalized spacial score (nSPS) is 10.6. The third-order valence-electron chi connectivity index (χ3n) is 3.66. The Labute approximate surface area is 171 Å². The minimum absolute atomic E-state index is 0.118. The number of nitro benzene ring substituents is 1. The van der Waals surface area contributed by atoms with Crippen LogP contribution in [0.15, 0.2) is 52.2 Å². The van der Waals surface area contributed by atoms with Gasteiger partial charge >= 0.3 is 5.97 Å². The Bertz CT molecular complexity index is 1080. The maximum Gasteiger partial charge on any atom is 0.359 e. The van der Waals surface area contributed by atoms with Gasteiger partial charge < -0.3 is 10.1 Å². The lowest BCUT2D eigenvalue weighted by atomic mass is 10.3. The molecular weight excluding hydrogens is 452 g/mol. The molecule has 0 radical (unpaired) electrons. The largest absolute Gasteiger partial charge is 0.451 e. The summed E-state index contributed by atoms with van der Waals surface area (Å²) in [5, 5.41) is 13.9. The smallest absolute Gasteiger partial charge is 0.359 e. The monoisotopic (exact) mass is 464 g/mol. The van der Waals surface area contributed by atoms with E-state index in [9.17, 15) is 19.7 Å². The molecule has 0 atom stereocenters. The van der Waals surface area contributed by atoms with Crippen LogP contribution in [-0.4, -0.2) is 39.0 Å². The molecule has 0 fully saturated rings. The van der Waals surface area contributed by atoms with Crippen LogP contribution in [0.25, 0.3) is 5.52 Å². The van der Waals surface area contributed by atoms with E-state index in [1.165, 1.54) is 30.0 Å². The van der Waals surface area contributed by atoms with Crippen molar-refractivity contribution in [3.05, 3.63) is 62.9 Å². The third-order valence-corrected chi connectivity index (χ3v) is 4.97. The minimum Gasteiger partial charge on any atom is -0.451 e. The number of hydrogen-bond donors (Lipinski definition) is 1. The summed E-state index contributed by atoms with van der Waals surface area (Å²) in [5.74, 6) is -1.31. The van der Waals surface area contributed by atoms with Gasteiger partial charge in [-0.05, 0) is 40.4 Å². The van der Waals surface area contributed by atoms with E-state index in [0.29, 0.717) is 20.8 Å². The zero-order valence-corrected chi connectivity index (χ0v) is 16.8. The lowest BCUT2D eigenvalue weighted by molar-refractivity contribution is -0.384. The van der Waals surface area contributed by atoms with Gasteiger partial charge in [-0.15, -0.1) is 0 Å². The number of thioether (sulfide) groups is 1. The predicted octanol–water partition coefficient (Wildman–Crippen LogP) is 3.52. The number of nitrogens with one attached hydrogen (secondary N) is 1. The fourth-order valence-electron chi connectivity index (χ4n) is 2.41. The quantitative estimate of drug-likeness (QED) is 0.256. The number of nitrogens with zero attached hydrogens (tertiary/aromatic N) is 3. The van der Waals surface area contributed by atoms with Gasteiger partial charge in [0.05, 0.1) is 16.1 Å². The number of ether oxygens (including phenoxy) is 1. The first-order chi connectivity index (χ1) is 13.4. The predicted molar refractivity (Wildman–Crippen MR) is 107 cm³/mol. The first kappa shape index (κ1) is 19.8. The number of carbonyl (C=O) groups is 2. The lowest BCUT2D eigenvalue weighted by Gasteiger charge is -2.07. The highest BCUT2D eigenvalue weighted by molar-refractivity contribution is 9.10. The Morgan fingerprint density at radius 1 is 1.36 bits per heavy atom. The molecule has 28 heavy (non-hydrogen) atoms. The van der Waals surface area contributed by atoms with E-state index in [1.807, 2.05) is 12.3 Å². The van der Waals surface area contributed by atoms with E-state index in [1.54, 1.807) is 22.7 Å². The second-order valence-corrected chi connectivity index (χ2v) is 7.08. The van der Waals surface area contributed by atoms with Crippen molar-refractivity contribution in [2.45, 2.75) is 5.16 Å². The van der Waals surface area contributed by atoms with Crippen molar-refractivity contribution in [1.82, 2.24) is 9.38 Å². The van der Waals surface area contributed by atoms with E-state index < -0.39 is 23.4 Å². The summed E-state index contributed by atoms with van der Waals surface area (Å²) >= 11 is 4.54. The molecule has 144 valence electrons. The van der Waals surface area contributed by atoms with Crippen LogP contribution in [0.2, 0.25) is 0 Å². The maximum atomic E-state index is 12.4. The molecule has 0 spiro atoms. The zero-order valence-electron chi connectivity index (χ0n) is 14.4. The molecule has 0 saturated carbocycles. The number of esters is 1. The van der Waals surface area contributed by atoms with Crippen molar-refractivity contribution in [3.8, 4) is 0 Å². The van der Waals surface area contributed by atoms with Crippen molar-refractivity contribution in [2.24, 2.45) is 0 Å². The number of non-ortho nitro benzene ring substituents is 1. The summed E-state index contributed by atoms with van der Waals surface area (Å²) in [7, 11) is 0. The van der Waals surface area contributed by atoms with Gasteiger partial charge in [0.15, 0.2) is 17.5 Å². The Hall–Kier alpha value is -2.92. The Morgan fingerprint density at radius 3 is 2.82 bits per heavy atom. The van der Waals surface area contributed by atoms with Crippen molar-refractivity contribution < 1.29 is 19.2 Å². The van der Waals surface area contributed by atoms with E-state index in [0.717, 1.165) is 0 Å². The molecule has 1 amide bonds. The van der Waals surface area contributed by atoms with E-state index in [4.69, 9.17) is 4.74 Å². The molecule has 1 N–H and O–H groups in total. The van der Waals surface area contributed by atoms with Gasteiger partial charge in [0, 0.05) is 22.8 Å². The number of halogens is 1. The lowest BCUT2D eigenvalue weighted by Crippen LogP contribution is -2.21. The van der Waals surface area contributed by atoms with Crippen LogP contribution in [0.5, 0.6) is 0 Å². The van der Waals surface area contributed by atoms with Crippen LogP contribution in [-0.2, 0) is 9.53 Å². The average molecular weight is 465 g/mol. The molecule has 2 heterocycles. The Balaban J connectivity index is 1.67. The standard InChI is InChI=1S/C17H13BrN4O5S/c1-28-17-20-15(13-4-2-3-7-21(13)17)16(24)27-9-14(23)19-12-6-5-10(22(25)26)8-11(12)18/h2-8H,9H2,1H3,(H,19,23). The summed E-state index contributed by atoms with van der Waals surface area (Å²) in [5.41, 5.74) is 0.904. The van der Waals surface area contributed by atoms with Crippen LogP contribution in [0.1, 0.15) is 10.5 Å². The second kappa shape index (κ2) is 8.40. The highest BCUT2D eigenvalue weighted by Crippen LogP contribution is 2.27. The summed E-state index contributed by atoms with van der Waals surface area (Å²) in [6, 6.07) is 9.24. The first-order valence-corrected chi connectivity index (χ1v) is 9.84. The number of nitro groups is 1. The number of imidazole rings is 1. The SMILES string of the molecule is CSc1nc(C(=O)OCC(=O)Nc2ccc([N+](=O)[O-])cc2Br)c2ccccn12. The number of hydrogen-bond acceptors (Lipinski definition) is 7. The fraction of sp³-hybridized carbons (Fsp3) is 0.118. The molecule has 0 aliphatic heterocycles. The van der Waals surface area contributed by atoms with Crippen LogP contribution in [0.3, 0.4) is 0 Å². The highest BCUT2D eigenvalue weighted by atomic mass is 79.9. The Morgan fingerprint density at radius 2 is 2.14 bits per heavy atom. The summed E-state index contributed by atoms with van der Waals surface area (Å²) in [6.45, 7) is -0.525. The molecule has 0 saturated heterocycles. The van der Waals surface area contributed by atoms with Gasteiger partial charge in [-0.2, -0.15) is 0 Å². The number of amides is 1. The van der Waals surface area contributed by atoms with E-state index in [-0.39, 0.29) is 11.4 Å². The van der Waals surface area contributed by atoms with Crippen molar-refractivity contribution in [2.75, 3.05) is 18.2 Å². The molecule has 2 aromatic heterocycles. The third kappa shape index (κ3) is 4.15. The highest BCUT2D eigenvalue weighted by Gasteiger charge is 2.19. The van der Waals surface area contributed by atoms with Crippen LogP contribution in [0.4, 0.5) is 11.4 Å². The van der Waals surface area contributed by atoms with E-state index in [2.05, 4.69) is 26.2 Å². The van der Waals surface area contributed by atoms with Gasteiger partial charge in [0.25, 0.3) is 11.6 Å². The molecule has 0 unspecified atom stereocenters. The topological polar surface area (TPSA) is 116 Å². The molecule has 9 nitrogen and oxygen atoms in total. The summed E-state index contributed by atoms with van der Waals surface area (Å²) in [6.07, 6.45) is 3.62. The number of anilines is 1. The summed E-state index contributed by atoms with van der Waals surface area (Å²) in [4.78, 5) is 38.9.